The highest BCUT2D eigenvalue weighted by Crippen LogP contribution is 2.27. The van der Waals surface area contributed by atoms with Gasteiger partial charge >= 0.3 is 0 Å². The van der Waals surface area contributed by atoms with Crippen molar-refractivity contribution < 1.29 is 13.2 Å². The van der Waals surface area contributed by atoms with Gasteiger partial charge in [0.15, 0.2) is 0 Å². The molecule has 0 radical (unpaired) electrons. The van der Waals surface area contributed by atoms with Gasteiger partial charge in [0.25, 0.3) is 15.0 Å². The van der Waals surface area contributed by atoms with E-state index in [4.69, 9.17) is 22.3 Å². The summed E-state index contributed by atoms with van der Waals surface area (Å²) in [6.45, 7) is 2.16. The van der Waals surface area contributed by atoms with Gasteiger partial charge in [-0.3, -0.25) is 4.79 Å². The van der Waals surface area contributed by atoms with Crippen LogP contribution in [0.25, 0.3) is 0 Å². The Morgan fingerprint density at radius 1 is 1.33 bits per heavy atom. The Hall–Kier alpha value is -0.780. The highest BCUT2D eigenvalue weighted by molar-refractivity contribution is 8.13. The molecule has 0 aromatic heterocycles. The van der Waals surface area contributed by atoms with Gasteiger partial charge in [-0.15, -0.1) is 0 Å². The van der Waals surface area contributed by atoms with Crippen LogP contribution in [-0.4, -0.2) is 20.9 Å². The van der Waals surface area contributed by atoms with Crippen molar-refractivity contribution >= 4 is 37.2 Å². The van der Waals surface area contributed by atoms with Crippen LogP contribution < -0.4 is 5.32 Å². The maximum atomic E-state index is 12.2. The fourth-order valence-corrected chi connectivity index (χ4v) is 4.20. The van der Waals surface area contributed by atoms with Crippen molar-refractivity contribution in [1.29, 1.82) is 0 Å². The normalized spacial score (nSPS) is 16.1. The molecule has 116 valence electrons. The Morgan fingerprint density at radius 3 is 2.52 bits per heavy atom. The topological polar surface area (TPSA) is 63.2 Å². The van der Waals surface area contributed by atoms with E-state index in [0.717, 1.165) is 12.8 Å². The number of amides is 1. The molecular formula is C14H17Cl2NO3S. The first-order valence-electron chi connectivity index (χ1n) is 6.82. The summed E-state index contributed by atoms with van der Waals surface area (Å²) in [4.78, 5) is 12.1. The lowest BCUT2D eigenvalue weighted by Crippen LogP contribution is -2.29. The van der Waals surface area contributed by atoms with Crippen LogP contribution in [0.4, 0.5) is 0 Å². The minimum Gasteiger partial charge on any atom is -0.352 e. The highest BCUT2D eigenvalue weighted by Gasteiger charge is 2.22. The number of carbonyl (C=O) groups is 1. The fourth-order valence-electron chi connectivity index (χ4n) is 2.69. The predicted molar refractivity (Wildman–Crippen MR) is 83.5 cm³/mol. The predicted octanol–water partition coefficient (Wildman–Crippen LogP) is 3.50. The minimum absolute atomic E-state index is 0.123. The molecule has 1 fully saturated rings. The smallest absolute Gasteiger partial charge is 0.261 e. The van der Waals surface area contributed by atoms with Crippen LogP contribution in [0, 0.1) is 12.8 Å². The van der Waals surface area contributed by atoms with E-state index in [1.165, 1.54) is 25.0 Å². The van der Waals surface area contributed by atoms with Crippen LogP contribution in [0.15, 0.2) is 17.0 Å². The largest absolute Gasteiger partial charge is 0.352 e. The van der Waals surface area contributed by atoms with Crippen molar-refractivity contribution in [3.05, 3.63) is 28.3 Å². The molecule has 0 unspecified atom stereocenters. The molecule has 21 heavy (non-hydrogen) atoms. The molecule has 0 spiro atoms. The van der Waals surface area contributed by atoms with Gasteiger partial charge in [0, 0.05) is 27.8 Å². The second kappa shape index (κ2) is 6.55. The summed E-state index contributed by atoms with van der Waals surface area (Å²) in [7, 11) is 1.44. The first-order chi connectivity index (χ1) is 9.79. The third-order valence-electron chi connectivity index (χ3n) is 3.86. The minimum atomic E-state index is -3.93. The SMILES string of the molecule is Cc1c(C(=O)NCC2CCCC2)cc(Cl)cc1S(=O)(=O)Cl. The summed E-state index contributed by atoms with van der Waals surface area (Å²) in [5, 5.41) is 3.02. The van der Waals surface area contributed by atoms with Crippen LogP contribution in [0.2, 0.25) is 5.02 Å². The maximum absolute atomic E-state index is 12.2. The summed E-state index contributed by atoms with van der Waals surface area (Å²) in [6.07, 6.45) is 4.64. The number of carbonyl (C=O) groups excluding carboxylic acids is 1. The van der Waals surface area contributed by atoms with E-state index in [-0.39, 0.29) is 21.4 Å². The molecule has 1 aliphatic carbocycles. The molecule has 0 aliphatic heterocycles. The van der Waals surface area contributed by atoms with Gasteiger partial charge < -0.3 is 5.32 Å². The van der Waals surface area contributed by atoms with Gasteiger partial charge in [0.05, 0.1) is 4.90 Å². The van der Waals surface area contributed by atoms with Gasteiger partial charge in [0.2, 0.25) is 0 Å². The summed E-state index contributed by atoms with van der Waals surface area (Å²) in [5.41, 5.74) is 0.568. The summed E-state index contributed by atoms with van der Waals surface area (Å²) in [5.74, 6) is 0.188. The zero-order valence-electron chi connectivity index (χ0n) is 11.7. The molecule has 1 N–H and O–H groups in total. The van der Waals surface area contributed by atoms with E-state index in [0.29, 0.717) is 18.0 Å². The van der Waals surface area contributed by atoms with Crippen LogP contribution in [-0.2, 0) is 9.05 Å². The number of rotatable bonds is 4. The Labute approximate surface area is 134 Å². The zero-order chi connectivity index (χ0) is 15.6. The average Bonchev–Trinajstić information content (AvgIpc) is 2.90. The molecule has 0 heterocycles. The first kappa shape index (κ1) is 16.6. The number of halogens is 2. The number of benzene rings is 1. The monoisotopic (exact) mass is 349 g/mol. The molecule has 0 saturated heterocycles. The van der Waals surface area contributed by atoms with E-state index < -0.39 is 9.05 Å². The van der Waals surface area contributed by atoms with Crippen molar-refractivity contribution in [2.75, 3.05) is 6.54 Å². The number of hydrogen-bond donors (Lipinski definition) is 1. The van der Waals surface area contributed by atoms with Gasteiger partial charge in [-0.25, -0.2) is 8.42 Å². The van der Waals surface area contributed by atoms with Crippen LogP contribution in [0.1, 0.15) is 41.6 Å². The van der Waals surface area contributed by atoms with Crippen molar-refractivity contribution in [3.8, 4) is 0 Å². The molecule has 1 aliphatic rings. The summed E-state index contributed by atoms with van der Waals surface area (Å²) in [6, 6.07) is 2.72. The van der Waals surface area contributed by atoms with Crippen LogP contribution >= 0.6 is 22.3 Å². The number of hydrogen-bond acceptors (Lipinski definition) is 3. The van der Waals surface area contributed by atoms with E-state index in [1.54, 1.807) is 6.92 Å². The Kier molecular flexibility index (Phi) is 5.17. The molecule has 1 amide bonds. The maximum Gasteiger partial charge on any atom is 0.261 e. The highest BCUT2D eigenvalue weighted by atomic mass is 35.7. The standard InChI is InChI=1S/C14H17Cl2NO3S/c1-9-12(6-11(15)7-13(9)21(16,19)20)14(18)17-8-10-4-2-3-5-10/h6-7,10H,2-5,8H2,1H3,(H,17,18). The quantitative estimate of drug-likeness (QED) is 0.846. The Morgan fingerprint density at radius 2 is 1.95 bits per heavy atom. The third kappa shape index (κ3) is 4.11. The molecule has 1 aromatic rings. The Balaban J connectivity index is 2.22. The van der Waals surface area contributed by atoms with E-state index >= 15 is 0 Å². The van der Waals surface area contributed by atoms with Crippen LogP contribution in [0.5, 0.6) is 0 Å². The second-order valence-electron chi connectivity index (χ2n) is 5.37. The lowest BCUT2D eigenvalue weighted by molar-refractivity contribution is 0.0946. The molecule has 1 aromatic carbocycles. The summed E-state index contributed by atoms with van der Waals surface area (Å²) >= 11 is 5.90. The van der Waals surface area contributed by atoms with E-state index in [1.807, 2.05) is 0 Å². The molecule has 0 bridgehead atoms. The molecular weight excluding hydrogens is 333 g/mol. The lowest BCUT2D eigenvalue weighted by Gasteiger charge is -2.13. The van der Waals surface area contributed by atoms with E-state index in [9.17, 15) is 13.2 Å². The lowest BCUT2D eigenvalue weighted by atomic mass is 10.1. The summed E-state index contributed by atoms with van der Waals surface area (Å²) < 4.78 is 23.0. The van der Waals surface area contributed by atoms with Crippen LogP contribution in [0.3, 0.4) is 0 Å². The molecule has 1 saturated carbocycles. The number of nitrogens with one attached hydrogen (secondary N) is 1. The fraction of sp³-hybridized carbons (Fsp3) is 0.500. The van der Waals surface area contributed by atoms with Gasteiger partial charge in [-0.05, 0) is 43.4 Å². The van der Waals surface area contributed by atoms with Crippen molar-refractivity contribution in [3.63, 3.8) is 0 Å². The first-order valence-corrected chi connectivity index (χ1v) is 9.51. The average molecular weight is 350 g/mol. The van der Waals surface area contributed by atoms with Crippen molar-refractivity contribution in [2.24, 2.45) is 5.92 Å². The zero-order valence-corrected chi connectivity index (χ0v) is 14.0. The third-order valence-corrected chi connectivity index (χ3v) is 5.52. The van der Waals surface area contributed by atoms with Gasteiger partial charge in [-0.1, -0.05) is 24.4 Å². The van der Waals surface area contributed by atoms with Crippen molar-refractivity contribution in [1.82, 2.24) is 5.32 Å². The van der Waals surface area contributed by atoms with Gasteiger partial charge in [-0.2, -0.15) is 0 Å². The second-order valence-corrected chi connectivity index (χ2v) is 8.35. The van der Waals surface area contributed by atoms with Crippen molar-refractivity contribution in [2.45, 2.75) is 37.5 Å². The molecule has 2 rings (SSSR count). The van der Waals surface area contributed by atoms with E-state index in [2.05, 4.69) is 5.32 Å². The van der Waals surface area contributed by atoms with Gasteiger partial charge in [0.1, 0.15) is 0 Å². The molecule has 4 nitrogen and oxygen atoms in total. The molecule has 7 heteroatoms. The molecule has 0 atom stereocenters. The Bertz CT molecular complexity index is 652.